The van der Waals surface area contributed by atoms with E-state index < -0.39 is 5.97 Å². The average molecular weight is 258 g/mol. The van der Waals surface area contributed by atoms with Gasteiger partial charge in [0.2, 0.25) is 0 Å². The van der Waals surface area contributed by atoms with E-state index in [1.165, 1.54) is 0 Å². The summed E-state index contributed by atoms with van der Waals surface area (Å²) >= 11 is 0. The third-order valence-corrected chi connectivity index (χ3v) is 3.33. The number of nitrogens with one attached hydrogen (secondary N) is 1. The molecule has 2 N–H and O–H groups in total. The van der Waals surface area contributed by atoms with E-state index in [0.29, 0.717) is 26.0 Å². The molecule has 0 aromatic heterocycles. The Morgan fingerprint density at radius 3 is 2.78 bits per heavy atom. The van der Waals surface area contributed by atoms with Gasteiger partial charge in [-0.25, -0.2) is 4.79 Å². The molecule has 104 valence electrons. The van der Waals surface area contributed by atoms with E-state index in [-0.39, 0.29) is 18.0 Å². The normalized spacial score (nSPS) is 23.4. The van der Waals surface area contributed by atoms with E-state index in [2.05, 4.69) is 5.32 Å². The lowest BCUT2D eigenvalue weighted by molar-refractivity contribution is -0.143. The van der Waals surface area contributed by atoms with Crippen molar-refractivity contribution in [3.8, 4) is 0 Å². The van der Waals surface area contributed by atoms with E-state index in [9.17, 15) is 9.59 Å². The topological polar surface area (TPSA) is 78.9 Å². The van der Waals surface area contributed by atoms with Crippen LogP contribution in [0.25, 0.3) is 0 Å². The van der Waals surface area contributed by atoms with Crippen molar-refractivity contribution in [1.82, 2.24) is 10.2 Å². The summed E-state index contributed by atoms with van der Waals surface area (Å²) in [5.41, 5.74) is 0. The van der Waals surface area contributed by atoms with E-state index in [4.69, 9.17) is 9.84 Å². The monoisotopic (exact) mass is 258 g/mol. The molecule has 1 saturated carbocycles. The van der Waals surface area contributed by atoms with Gasteiger partial charge in [-0.3, -0.25) is 4.79 Å². The molecule has 6 nitrogen and oxygen atoms in total. The van der Waals surface area contributed by atoms with Crippen LogP contribution in [0.15, 0.2) is 0 Å². The van der Waals surface area contributed by atoms with Crippen LogP contribution in [0.3, 0.4) is 0 Å². The van der Waals surface area contributed by atoms with Crippen LogP contribution in [0.4, 0.5) is 4.79 Å². The SMILES string of the molecule is COCCN(C)C(=O)NC1CCCC(C(=O)O)C1. The first-order chi connectivity index (χ1) is 8.54. The van der Waals surface area contributed by atoms with Gasteiger partial charge in [0.1, 0.15) is 0 Å². The maximum atomic E-state index is 11.8. The molecule has 1 aliphatic carbocycles. The number of likely N-dealkylation sites (N-methyl/N-ethyl adjacent to an activating group) is 1. The van der Waals surface area contributed by atoms with Crippen molar-refractivity contribution in [3.05, 3.63) is 0 Å². The molecule has 0 spiro atoms. The van der Waals surface area contributed by atoms with E-state index in [0.717, 1.165) is 12.8 Å². The second kappa shape index (κ2) is 7.20. The number of carboxylic acid groups (broad SMARTS) is 1. The number of rotatable bonds is 5. The van der Waals surface area contributed by atoms with Crippen molar-refractivity contribution >= 4 is 12.0 Å². The molecule has 2 atom stereocenters. The minimum Gasteiger partial charge on any atom is -0.481 e. The summed E-state index contributed by atoms with van der Waals surface area (Å²) in [7, 11) is 3.29. The van der Waals surface area contributed by atoms with Gasteiger partial charge >= 0.3 is 12.0 Å². The van der Waals surface area contributed by atoms with Gasteiger partial charge in [-0.2, -0.15) is 0 Å². The zero-order chi connectivity index (χ0) is 13.5. The number of amides is 2. The minimum atomic E-state index is -0.762. The highest BCUT2D eigenvalue weighted by Gasteiger charge is 2.28. The molecule has 0 aromatic carbocycles. The molecular formula is C12H22N2O4. The maximum Gasteiger partial charge on any atom is 0.317 e. The van der Waals surface area contributed by atoms with Crippen LogP contribution in [-0.4, -0.2) is 55.4 Å². The number of hydrogen-bond donors (Lipinski definition) is 2. The van der Waals surface area contributed by atoms with Crippen molar-refractivity contribution in [3.63, 3.8) is 0 Å². The number of nitrogens with zero attached hydrogens (tertiary/aromatic N) is 1. The number of hydrogen-bond acceptors (Lipinski definition) is 3. The molecule has 0 aromatic rings. The summed E-state index contributed by atoms with van der Waals surface area (Å²) in [6.45, 7) is 1.02. The minimum absolute atomic E-state index is 0.0302. The van der Waals surface area contributed by atoms with Gasteiger partial charge in [0.25, 0.3) is 0 Å². The molecule has 1 aliphatic rings. The fourth-order valence-corrected chi connectivity index (χ4v) is 2.16. The Hall–Kier alpha value is -1.30. The van der Waals surface area contributed by atoms with Crippen LogP contribution in [-0.2, 0) is 9.53 Å². The van der Waals surface area contributed by atoms with Crippen LogP contribution in [0.1, 0.15) is 25.7 Å². The van der Waals surface area contributed by atoms with Gasteiger partial charge in [0.15, 0.2) is 0 Å². The Balaban J connectivity index is 2.37. The summed E-state index contributed by atoms with van der Waals surface area (Å²) in [6, 6.07) is -0.194. The second-order valence-corrected chi connectivity index (χ2v) is 4.76. The molecule has 0 radical (unpaired) electrons. The lowest BCUT2D eigenvalue weighted by Crippen LogP contribution is -2.46. The highest BCUT2D eigenvalue weighted by Crippen LogP contribution is 2.24. The summed E-state index contributed by atoms with van der Waals surface area (Å²) in [5.74, 6) is -1.09. The molecule has 0 aliphatic heterocycles. The molecular weight excluding hydrogens is 236 g/mol. The van der Waals surface area contributed by atoms with Crippen LogP contribution >= 0.6 is 0 Å². The Morgan fingerprint density at radius 2 is 2.17 bits per heavy atom. The van der Waals surface area contributed by atoms with Crippen molar-refractivity contribution in [2.45, 2.75) is 31.7 Å². The number of carboxylic acids is 1. The fourth-order valence-electron chi connectivity index (χ4n) is 2.16. The van der Waals surface area contributed by atoms with Crippen LogP contribution in [0.2, 0.25) is 0 Å². The van der Waals surface area contributed by atoms with Gasteiger partial charge in [0.05, 0.1) is 12.5 Å². The lowest BCUT2D eigenvalue weighted by atomic mass is 9.86. The molecule has 0 heterocycles. The van der Waals surface area contributed by atoms with Gasteiger partial charge in [-0.15, -0.1) is 0 Å². The zero-order valence-corrected chi connectivity index (χ0v) is 11.0. The van der Waals surface area contributed by atoms with E-state index in [1.807, 2.05) is 0 Å². The van der Waals surface area contributed by atoms with Gasteiger partial charge < -0.3 is 20.1 Å². The van der Waals surface area contributed by atoms with Crippen LogP contribution < -0.4 is 5.32 Å². The Labute approximate surface area is 107 Å². The Kier molecular flexibility index (Phi) is 5.91. The number of carbonyl (C=O) groups excluding carboxylic acids is 1. The molecule has 2 amide bonds. The lowest BCUT2D eigenvalue weighted by Gasteiger charge is -2.29. The standard InChI is InChI=1S/C12H22N2O4/c1-14(6-7-18-2)12(17)13-10-5-3-4-9(8-10)11(15)16/h9-10H,3-8H2,1-2H3,(H,13,17)(H,15,16). The molecule has 18 heavy (non-hydrogen) atoms. The smallest absolute Gasteiger partial charge is 0.317 e. The number of carbonyl (C=O) groups is 2. The molecule has 1 rings (SSSR count). The van der Waals surface area contributed by atoms with Crippen molar-refractivity contribution in [2.75, 3.05) is 27.3 Å². The Morgan fingerprint density at radius 1 is 1.44 bits per heavy atom. The number of methoxy groups -OCH3 is 1. The first-order valence-corrected chi connectivity index (χ1v) is 6.28. The van der Waals surface area contributed by atoms with Gasteiger partial charge in [-0.05, 0) is 19.3 Å². The first-order valence-electron chi connectivity index (χ1n) is 6.28. The van der Waals surface area contributed by atoms with Crippen LogP contribution in [0.5, 0.6) is 0 Å². The average Bonchev–Trinajstić information content (AvgIpc) is 2.36. The third-order valence-electron chi connectivity index (χ3n) is 3.33. The summed E-state index contributed by atoms with van der Waals surface area (Å²) < 4.78 is 4.90. The van der Waals surface area contributed by atoms with Gasteiger partial charge in [0, 0.05) is 26.7 Å². The van der Waals surface area contributed by atoms with Crippen LogP contribution in [0, 0.1) is 5.92 Å². The van der Waals surface area contributed by atoms with Crippen molar-refractivity contribution in [2.24, 2.45) is 5.92 Å². The molecule has 2 unspecified atom stereocenters. The maximum absolute atomic E-state index is 11.8. The highest BCUT2D eigenvalue weighted by molar-refractivity contribution is 5.74. The second-order valence-electron chi connectivity index (χ2n) is 4.76. The third kappa shape index (κ3) is 4.52. The predicted octanol–water partition coefficient (Wildman–Crippen LogP) is 0.918. The van der Waals surface area contributed by atoms with Crippen molar-refractivity contribution < 1.29 is 19.4 Å². The molecule has 0 bridgehead atoms. The largest absolute Gasteiger partial charge is 0.481 e. The number of urea groups is 1. The van der Waals surface area contributed by atoms with E-state index in [1.54, 1.807) is 19.1 Å². The van der Waals surface area contributed by atoms with Crippen molar-refractivity contribution in [1.29, 1.82) is 0 Å². The number of aliphatic carboxylic acids is 1. The fraction of sp³-hybridized carbons (Fsp3) is 0.833. The quantitative estimate of drug-likeness (QED) is 0.768. The number of ether oxygens (including phenoxy) is 1. The molecule has 0 saturated heterocycles. The zero-order valence-electron chi connectivity index (χ0n) is 11.0. The highest BCUT2D eigenvalue weighted by atomic mass is 16.5. The first kappa shape index (κ1) is 14.8. The summed E-state index contributed by atoms with van der Waals surface area (Å²) in [5, 5.41) is 11.9. The van der Waals surface area contributed by atoms with Gasteiger partial charge in [-0.1, -0.05) is 6.42 Å². The summed E-state index contributed by atoms with van der Waals surface area (Å²) in [4.78, 5) is 24.3. The molecule has 1 fully saturated rings. The molecule has 6 heteroatoms. The van der Waals surface area contributed by atoms with E-state index >= 15 is 0 Å². The predicted molar refractivity (Wildman–Crippen MR) is 66.4 cm³/mol. The Bertz CT molecular complexity index is 296. The summed E-state index contributed by atoms with van der Waals surface area (Å²) in [6.07, 6.45) is 2.94.